The van der Waals surface area contributed by atoms with Gasteiger partial charge >= 0.3 is 0 Å². The van der Waals surface area contributed by atoms with Gasteiger partial charge in [-0.05, 0) is 18.2 Å². The molecule has 0 bridgehead atoms. The Labute approximate surface area is 108 Å². The van der Waals surface area contributed by atoms with Crippen LogP contribution in [0.4, 0.5) is 11.5 Å². The van der Waals surface area contributed by atoms with Crippen LogP contribution in [0.15, 0.2) is 41.2 Å². The Morgan fingerprint density at radius 3 is 2.89 bits per heavy atom. The number of benzene rings is 1. The largest absolute Gasteiger partial charge is 0.484 e. The van der Waals surface area contributed by atoms with Gasteiger partial charge in [-0.2, -0.15) is 5.10 Å². The van der Waals surface area contributed by atoms with Gasteiger partial charge in [0.15, 0.2) is 12.4 Å². The Morgan fingerprint density at radius 1 is 1.37 bits per heavy atom. The van der Waals surface area contributed by atoms with Gasteiger partial charge in [-0.3, -0.25) is 9.59 Å². The molecule has 2 rings (SSSR count). The summed E-state index contributed by atoms with van der Waals surface area (Å²) in [6.07, 6.45) is 0. The Bertz CT molecular complexity index is 618. The van der Waals surface area contributed by atoms with Gasteiger partial charge in [-0.25, -0.2) is 5.10 Å². The Kier molecular flexibility index (Phi) is 3.77. The van der Waals surface area contributed by atoms with E-state index in [1.54, 1.807) is 24.3 Å². The number of amides is 1. The van der Waals surface area contributed by atoms with E-state index < -0.39 is 0 Å². The molecule has 0 unspecified atom stereocenters. The van der Waals surface area contributed by atoms with Gasteiger partial charge in [0.1, 0.15) is 5.75 Å². The zero-order chi connectivity index (χ0) is 13.7. The van der Waals surface area contributed by atoms with E-state index in [0.29, 0.717) is 11.4 Å². The summed E-state index contributed by atoms with van der Waals surface area (Å²) >= 11 is 0. The van der Waals surface area contributed by atoms with E-state index >= 15 is 0 Å². The van der Waals surface area contributed by atoms with Crippen LogP contribution in [-0.4, -0.2) is 22.7 Å². The highest BCUT2D eigenvalue weighted by molar-refractivity contribution is 5.90. The first-order valence-electron chi connectivity index (χ1n) is 5.47. The molecule has 0 radical (unpaired) electrons. The van der Waals surface area contributed by atoms with Gasteiger partial charge in [-0.15, -0.1) is 0 Å². The van der Waals surface area contributed by atoms with E-state index in [1.807, 2.05) is 0 Å². The van der Waals surface area contributed by atoms with Crippen LogP contribution in [0.1, 0.15) is 0 Å². The standard InChI is InChI=1S/C12H12N4O3/c13-8-2-1-3-9(6-8)19-7-12(18)14-10-4-5-11(17)16-15-10/h1-6H,7,13H2,(H,16,17)(H,14,15,18). The summed E-state index contributed by atoms with van der Waals surface area (Å²) in [7, 11) is 0. The van der Waals surface area contributed by atoms with Crippen molar-refractivity contribution < 1.29 is 9.53 Å². The molecule has 0 spiro atoms. The van der Waals surface area contributed by atoms with E-state index in [2.05, 4.69) is 15.5 Å². The maximum atomic E-state index is 11.6. The second-order valence-corrected chi connectivity index (χ2v) is 3.72. The summed E-state index contributed by atoms with van der Waals surface area (Å²) in [6, 6.07) is 9.43. The van der Waals surface area contributed by atoms with Crippen LogP contribution in [0, 0.1) is 0 Å². The molecule has 4 N–H and O–H groups in total. The monoisotopic (exact) mass is 260 g/mol. The maximum absolute atomic E-state index is 11.6. The number of aromatic nitrogens is 2. The molecule has 7 nitrogen and oxygen atoms in total. The minimum absolute atomic E-state index is 0.176. The normalized spacial score (nSPS) is 9.89. The van der Waals surface area contributed by atoms with Crippen molar-refractivity contribution in [2.45, 2.75) is 0 Å². The first-order valence-corrected chi connectivity index (χ1v) is 5.47. The summed E-state index contributed by atoms with van der Waals surface area (Å²) in [5.74, 6) is 0.368. The average Bonchev–Trinajstić information content (AvgIpc) is 2.39. The lowest BCUT2D eigenvalue weighted by Crippen LogP contribution is -2.21. The highest BCUT2D eigenvalue weighted by atomic mass is 16.5. The summed E-state index contributed by atoms with van der Waals surface area (Å²) < 4.78 is 5.25. The number of hydrogen-bond donors (Lipinski definition) is 3. The number of nitrogens with two attached hydrogens (primary N) is 1. The van der Waals surface area contributed by atoms with Crippen LogP contribution in [0.5, 0.6) is 5.75 Å². The molecule has 1 aromatic heterocycles. The number of aromatic amines is 1. The fourth-order valence-electron chi connectivity index (χ4n) is 1.35. The number of nitrogens with zero attached hydrogens (tertiary/aromatic N) is 1. The molecule has 1 amide bonds. The predicted molar refractivity (Wildman–Crippen MR) is 69.8 cm³/mol. The number of H-pyrrole nitrogens is 1. The average molecular weight is 260 g/mol. The third-order valence-corrected chi connectivity index (χ3v) is 2.17. The topological polar surface area (TPSA) is 110 Å². The number of carbonyl (C=O) groups is 1. The summed E-state index contributed by atoms with van der Waals surface area (Å²) in [5, 5.41) is 8.33. The molecular weight excluding hydrogens is 248 g/mol. The number of anilines is 2. The van der Waals surface area contributed by atoms with Crippen LogP contribution in [-0.2, 0) is 4.79 Å². The second kappa shape index (κ2) is 5.67. The van der Waals surface area contributed by atoms with Crippen molar-refractivity contribution in [3.05, 3.63) is 46.8 Å². The molecule has 0 fully saturated rings. The van der Waals surface area contributed by atoms with Gasteiger partial charge in [0, 0.05) is 17.8 Å². The molecule has 0 aliphatic rings. The molecule has 2 aromatic rings. The summed E-state index contributed by atoms with van der Waals surface area (Å²) in [5.41, 5.74) is 5.80. The molecule has 1 aromatic carbocycles. The van der Waals surface area contributed by atoms with Crippen molar-refractivity contribution in [3.8, 4) is 5.75 Å². The Morgan fingerprint density at radius 2 is 2.21 bits per heavy atom. The van der Waals surface area contributed by atoms with Gasteiger partial charge in [0.05, 0.1) is 0 Å². The van der Waals surface area contributed by atoms with Crippen LogP contribution in [0.3, 0.4) is 0 Å². The van der Waals surface area contributed by atoms with Crippen molar-refractivity contribution >= 4 is 17.4 Å². The molecule has 1 heterocycles. The van der Waals surface area contributed by atoms with Crippen molar-refractivity contribution in [1.82, 2.24) is 10.2 Å². The molecule has 0 atom stereocenters. The minimum atomic E-state index is -0.387. The molecular formula is C12H12N4O3. The Hall–Kier alpha value is -2.83. The van der Waals surface area contributed by atoms with Crippen LogP contribution in [0.25, 0.3) is 0 Å². The number of nitrogen functional groups attached to an aromatic ring is 1. The van der Waals surface area contributed by atoms with E-state index in [-0.39, 0.29) is 23.9 Å². The van der Waals surface area contributed by atoms with Gasteiger partial charge in [0.25, 0.3) is 11.5 Å². The number of carbonyl (C=O) groups excluding carboxylic acids is 1. The number of rotatable bonds is 4. The van der Waals surface area contributed by atoms with Gasteiger partial charge < -0.3 is 15.8 Å². The summed E-state index contributed by atoms with van der Waals surface area (Å²) in [4.78, 5) is 22.3. The lowest BCUT2D eigenvalue weighted by Gasteiger charge is -2.06. The van der Waals surface area contributed by atoms with E-state index in [9.17, 15) is 9.59 Å². The molecule has 98 valence electrons. The molecule has 0 saturated heterocycles. The zero-order valence-electron chi connectivity index (χ0n) is 9.92. The maximum Gasteiger partial charge on any atom is 0.264 e. The van der Waals surface area contributed by atoms with Gasteiger partial charge in [0.2, 0.25) is 0 Å². The lowest BCUT2D eigenvalue weighted by atomic mass is 10.3. The SMILES string of the molecule is Nc1cccc(OCC(=O)Nc2ccc(=O)[nH]n2)c1. The first-order chi connectivity index (χ1) is 9.13. The molecule has 0 saturated carbocycles. The smallest absolute Gasteiger partial charge is 0.264 e. The molecule has 0 aliphatic carbocycles. The van der Waals surface area contributed by atoms with E-state index in [1.165, 1.54) is 12.1 Å². The molecule has 19 heavy (non-hydrogen) atoms. The highest BCUT2D eigenvalue weighted by Gasteiger charge is 2.04. The number of nitrogens with one attached hydrogen (secondary N) is 2. The number of ether oxygens (including phenoxy) is 1. The quantitative estimate of drug-likeness (QED) is 0.688. The van der Waals surface area contributed by atoms with E-state index in [0.717, 1.165) is 0 Å². The van der Waals surface area contributed by atoms with Crippen molar-refractivity contribution in [2.24, 2.45) is 0 Å². The fourth-order valence-corrected chi connectivity index (χ4v) is 1.35. The molecule has 0 aliphatic heterocycles. The van der Waals surface area contributed by atoms with Crippen molar-refractivity contribution in [1.29, 1.82) is 0 Å². The fraction of sp³-hybridized carbons (Fsp3) is 0.0833. The Balaban J connectivity index is 1.88. The highest BCUT2D eigenvalue weighted by Crippen LogP contribution is 2.14. The first kappa shape index (κ1) is 12.6. The van der Waals surface area contributed by atoms with Crippen LogP contribution >= 0.6 is 0 Å². The number of hydrogen-bond acceptors (Lipinski definition) is 5. The molecule has 7 heteroatoms. The van der Waals surface area contributed by atoms with Crippen molar-refractivity contribution in [3.63, 3.8) is 0 Å². The van der Waals surface area contributed by atoms with Gasteiger partial charge in [-0.1, -0.05) is 6.07 Å². The summed E-state index contributed by atoms with van der Waals surface area (Å²) in [6.45, 7) is -0.176. The third-order valence-electron chi connectivity index (χ3n) is 2.17. The second-order valence-electron chi connectivity index (χ2n) is 3.72. The van der Waals surface area contributed by atoms with E-state index in [4.69, 9.17) is 10.5 Å². The lowest BCUT2D eigenvalue weighted by molar-refractivity contribution is -0.118. The van der Waals surface area contributed by atoms with Crippen LogP contribution < -0.4 is 21.3 Å². The predicted octanol–water partition coefficient (Wildman–Crippen LogP) is 0.370. The third kappa shape index (κ3) is 3.84. The van der Waals surface area contributed by atoms with Crippen molar-refractivity contribution in [2.75, 3.05) is 17.7 Å². The minimum Gasteiger partial charge on any atom is -0.484 e. The zero-order valence-corrected chi connectivity index (χ0v) is 9.92. The van der Waals surface area contributed by atoms with Crippen LogP contribution in [0.2, 0.25) is 0 Å².